The highest BCUT2D eigenvalue weighted by molar-refractivity contribution is 6.01. The quantitative estimate of drug-likeness (QED) is 0.142. The first-order valence-corrected chi connectivity index (χ1v) is 26.6. The van der Waals surface area contributed by atoms with Gasteiger partial charge in [0.2, 0.25) is 0 Å². The second-order valence-corrected chi connectivity index (χ2v) is 22.1. The normalized spacial score (nSPS) is 19.4. The minimum atomic E-state index is -0.523. The van der Waals surface area contributed by atoms with E-state index in [0.717, 1.165) is 0 Å². The number of rotatable bonds is 0. The molecule has 0 fully saturated rings. The van der Waals surface area contributed by atoms with Crippen LogP contribution in [0.25, 0.3) is 100 Å². The summed E-state index contributed by atoms with van der Waals surface area (Å²) in [6.07, 6.45) is 0. The lowest BCUT2D eigenvalue weighted by molar-refractivity contribution is 0.793. The van der Waals surface area contributed by atoms with E-state index >= 15 is 0 Å². The average Bonchev–Trinajstić information content (AvgIpc) is 4.30. The van der Waals surface area contributed by atoms with Gasteiger partial charge in [0.25, 0.3) is 0 Å². The molecule has 12 aromatic carbocycles. The molecule has 0 heterocycles. The summed E-state index contributed by atoms with van der Waals surface area (Å²) < 4.78 is 0. The van der Waals surface area contributed by atoms with Crippen molar-refractivity contribution in [2.75, 3.05) is 0 Å². The molecule has 7 aliphatic rings. The average molecular weight is 943 g/mol. The summed E-state index contributed by atoms with van der Waals surface area (Å²) in [5.74, 6) is 0. The van der Waals surface area contributed by atoms with Gasteiger partial charge in [-0.2, -0.15) is 0 Å². The van der Waals surface area contributed by atoms with Crippen molar-refractivity contribution in [2.24, 2.45) is 0 Å². The van der Waals surface area contributed by atoms with Crippen LogP contribution in [0.5, 0.6) is 0 Å². The molecule has 7 aliphatic carbocycles. The van der Waals surface area contributed by atoms with Crippen LogP contribution in [0.15, 0.2) is 255 Å². The number of fused-ring (bicyclic) bond motifs is 21. The number of benzene rings is 12. The summed E-state index contributed by atoms with van der Waals surface area (Å²) in [5, 5.41) is 0. The van der Waals surface area contributed by atoms with Gasteiger partial charge in [0.15, 0.2) is 0 Å². The molecule has 0 N–H and O–H groups in total. The summed E-state index contributed by atoms with van der Waals surface area (Å²) in [4.78, 5) is 0. The summed E-state index contributed by atoms with van der Waals surface area (Å²) in [6.45, 7) is 0. The van der Waals surface area contributed by atoms with Crippen LogP contribution in [0, 0.1) is 0 Å². The number of hydrogen-bond donors (Lipinski definition) is 0. The van der Waals surface area contributed by atoms with E-state index in [-0.39, 0.29) is 0 Å². The molecule has 12 bridgehead atoms. The Hall–Kier alpha value is -9.36. The van der Waals surface area contributed by atoms with Gasteiger partial charge >= 0.3 is 0 Å². The molecule has 3 spiro atoms. The zero-order valence-corrected chi connectivity index (χ0v) is 40.7. The van der Waals surface area contributed by atoms with E-state index in [4.69, 9.17) is 0 Å². The van der Waals surface area contributed by atoms with Crippen LogP contribution < -0.4 is 0 Å². The SMILES string of the molecule is c1ccc2c(c1)-c1ccc3cc1C21c2ccccc2-c2ccc(cc21)-c1ccc2c(c1)C1(c4ccccc4-2)c2ccccc2-c2ccc(cc21)-c1ccc2c(c1)C1(c4ccccc4-c4ccc-3cc41)c1ccccc1-2. The summed E-state index contributed by atoms with van der Waals surface area (Å²) in [6, 6.07) is 99.9. The fourth-order valence-electron chi connectivity index (χ4n) is 16.5. The van der Waals surface area contributed by atoms with Gasteiger partial charge in [-0.05, 0) is 203 Å². The van der Waals surface area contributed by atoms with Crippen molar-refractivity contribution in [3.8, 4) is 100 Å². The van der Waals surface area contributed by atoms with Crippen LogP contribution >= 0.6 is 0 Å². The maximum absolute atomic E-state index is 2.57. The first-order valence-electron chi connectivity index (χ1n) is 26.6. The van der Waals surface area contributed by atoms with Crippen molar-refractivity contribution in [2.45, 2.75) is 16.2 Å². The molecule has 0 amide bonds. The molecule has 12 aromatic rings. The predicted molar refractivity (Wildman–Crippen MR) is 305 cm³/mol. The van der Waals surface area contributed by atoms with E-state index in [2.05, 4.69) is 255 Å². The highest BCUT2D eigenvalue weighted by Crippen LogP contribution is 2.68. The van der Waals surface area contributed by atoms with Crippen molar-refractivity contribution in [3.63, 3.8) is 0 Å². The zero-order chi connectivity index (χ0) is 48.5. The zero-order valence-electron chi connectivity index (χ0n) is 40.7. The van der Waals surface area contributed by atoms with E-state index in [1.54, 1.807) is 0 Å². The smallest absolute Gasteiger partial charge is 0.0619 e. The summed E-state index contributed by atoms with van der Waals surface area (Å²) >= 11 is 0. The molecule has 0 saturated heterocycles. The van der Waals surface area contributed by atoms with Crippen LogP contribution in [-0.2, 0) is 16.2 Å². The van der Waals surface area contributed by atoms with Crippen molar-refractivity contribution in [3.05, 3.63) is 322 Å². The second kappa shape index (κ2) is 13.2. The third kappa shape index (κ3) is 4.31. The molecule has 0 atom stereocenters. The first kappa shape index (κ1) is 39.2. The first-order chi connectivity index (χ1) is 37.2. The maximum atomic E-state index is 2.57. The standard InChI is InChI=1S/C75H42/c1-7-19-61-49(13-1)55-31-25-43-37-67(55)73(61)62-20-8-2-14-50(62)56-32-26-44(38-68(56)73)46-28-34-58-52-16-5-11-23-65(52)75(70(58)40-46)66-24-12-6-18-54(66)60-36-30-48(42-72(60)75)47-29-35-59-53-17-4-10-22-64(53)74(71(59)41-47)63-21-9-3-15-51(63)57-33-27-45(43)39-69(57)74/h1-42H. The Morgan fingerprint density at radius 2 is 0.280 bits per heavy atom. The molecule has 19 rings (SSSR count). The minimum absolute atomic E-state index is 0.523. The molecule has 0 saturated carbocycles. The van der Waals surface area contributed by atoms with Crippen molar-refractivity contribution >= 4 is 0 Å². The van der Waals surface area contributed by atoms with E-state index < -0.39 is 16.2 Å². The lowest BCUT2D eigenvalue weighted by Crippen LogP contribution is -2.26. The van der Waals surface area contributed by atoms with Crippen molar-refractivity contribution in [1.29, 1.82) is 0 Å². The molecule has 0 nitrogen and oxygen atoms in total. The third-order valence-corrected chi connectivity index (χ3v) is 19.3. The van der Waals surface area contributed by atoms with Crippen LogP contribution in [0.2, 0.25) is 0 Å². The lowest BCUT2D eigenvalue weighted by atomic mass is 9.69. The van der Waals surface area contributed by atoms with Gasteiger partial charge in [0.1, 0.15) is 0 Å². The minimum Gasteiger partial charge on any atom is -0.0619 e. The van der Waals surface area contributed by atoms with Gasteiger partial charge in [0, 0.05) is 0 Å². The fraction of sp³-hybridized carbons (Fsp3) is 0.0400. The maximum Gasteiger partial charge on any atom is 0.0725 e. The van der Waals surface area contributed by atoms with Crippen molar-refractivity contribution < 1.29 is 0 Å². The van der Waals surface area contributed by atoms with E-state index in [1.165, 1.54) is 167 Å². The molecule has 0 heteroatoms. The molecule has 0 aliphatic heterocycles. The molecular formula is C75H42. The van der Waals surface area contributed by atoms with Crippen molar-refractivity contribution in [1.82, 2.24) is 0 Å². The van der Waals surface area contributed by atoms with E-state index in [9.17, 15) is 0 Å². The molecular weight excluding hydrogens is 901 g/mol. The molecule has 0 radical (unpaired) electrons. The van der Waals surface area contributed by atoms with Gasteiger partial charge in [-0.1, -0.05) is 218 Å². The Labute approximate surface area is 435 Å². The van der Waals surface area contributed by atoms with E-state index in [0.29, 0.717) is 0 Å². The Balaban J connectivity index is 0.982. The van der Waals surface area contributed by atoms with Gasteiger partial charge < -0.3 is 0 Å². The topological polar surface area (TPSA) is 0 Å². The summed E-state index contributed by atoms with van der Waals surface area (Å²) in [7, 11) is 0. The third-order valence-electron chi connectivity index (χ3n) is 19.3. The van der Waals surface area contributed by atoms with Crippen LogP contribution in [0.1, 0.15) is 66.8 Å². The molecule has 0 unspecified atom stereocenters. The van der Waals surface area contributed by atoms with Gasteiger partial charge in [-0.25, -0.2) is 0 Å². The largest absolute Gasteiger partial charge is 0.0725 e. The summed E-state index contributed by atoms with van der Waals surface area (Å²) in [5.41, 5.74) is 37.9. The highest BCUT2D eigenvalue weighted by atomic mass is 14.6. The Morgan fingerprint density at radius 3 is 0.453 bits per heavy atom. The van der Waals surface area contributed by atoms with Gasteiger partial charge in [0.05, 0.1) is 16.2 Å². The molecule has 342 valence electrons. The predicted octanol–water partition coefficient (Wildman–Crippen LogP) is 18.0. The lowest BCUT2D eigenvalue weighted by Gasteiger charge is -2.31. The number of hydrogen-bond acceptors (Lipinski definition) is 0. The second-order valence-electron chi connectivity index (χ2n) is 22.1. The monoisotopic (exact) mass is 942 g/mol. The Kier molecular flexibility index (Phi) is 6.92. The highest BCUT2D eigenvalue weighted by Gasteiger charge is 2.55. The van der Waals surface area contributed by atoms with Crippen LogP contribution in [0.4, 0.5) is 0 Å². The molecule has 75 heavy (non-hydrogen) atoms. The van der Waals surface area contributed by atoms with E-state index in [1.807, 2.05) is 0 Å². The van der Waals surface area contributed by atoms with Crippen LogP contribution in [0.3, 0.4) is 0 Å². The Morgan fingerprint density at radius 1 is 0.133 bits per heavy atom. The molecule has 0 aromatic heterocycles. The van der Waals surface area contributed by atoms with Gasteiger partial charge in [-0.15, -0.1) is 0 Å². The van der Waals surface area contributed by atoms with Crippen LogP contribution in [-0.4, -0.2) is 0 Å². The Bertz CT molecular complexity index is 3900. The fourth-order valence-corrected chi connectivity index (χ4v) is 16.5. The van der Waals surface area contributed by atoms with Gasteiger partial charge in [-0.3, -0.25) is 0 Å².